The Kier molecular flexibility index (Phi) is 5.76. The predicted molar refractivity (Wildman–Crippen MR) is 102 cm³/mol. The SMILES string of the molecule is C=C1C[C@@H]2OC(=O)[C@@H](C)[C@H]2C[C@@H]2[C@H]1[C@@H](O[C@@H]1O[C@H](CO)[C@@H](O)[C@H](O)[C@H]1O)C[C@@]2(C)O. The minimum absolute atomic E-state index is 0.0123. The molecule has 9 nitrogen and oxygen atoms in total. The van der Waals surface area contributed by atoms with Gasteiger partial charge in [-0.25, -0.2) is 0 Å². The van der Waals surface area contributed by atoms with Gasteiger partial charge in [-0.05, 0) is 19.3 Å². The van der Waals surface area contributed by atoms with Gasteiger partial charge in [0.25, 0.3) is 0 Å². The van der Waals surface area contributed by atoms with Gasteiger partial charge in [0.1, 0.15) is 30.5 Å². The number of ether oxygens (including phenoxy) is 3. The van der Waals surface area contributed by atoms with Crippen LogP contribution < -0.4 is 0 Å². The van der Waals surface area contributed by atoms with Crippen LogP contribution in [0.2, 0.25) is 0 Å². The van der Waals surface area contributed by atoms with Crippen LogP contribution in [0.3, 0.4) is 0 Å². The summed E-state index contributed by atoms with van der Waals surface area (Å²) in [5, 5.41) is 51.0. The molecule has 2 aliphatic heterocycles. The maximum Gasteiger partial charge on any atom is 0.309 e. The lowest BCUT2D eigenvalue weighted by Gasteiger charge is -2.41. The first-order valence-corrected chi connectivity index (χ1v) is 10.6. The maximum absolute atomic E-state index is 12.0. The van der Waals surface area contributed by atoms with Crippen molar-refractivity contribution in [3.63, 3.8) is 0 Å². The molecule has 0 aromatic rings. The number of carbonyl (C=O) groups excluding carboxylic acids is 1. The zero-order valence-corrected chi connectivity index (χ0v) is 17.3. The normalized spacial score (nSPS) is 53.8. The molecule has 0 bridgehead atoms. The molecule has 5 N–H and O–H groups in total. The number of esters is 1. The molecule has 9 heteroatoms. The van der Waals surface area contributed by atoms with Crippen LogP contribution in [0.1, 0.15) is 33.1 Å². The lowest BCUT2D eigenvalue weighted by molar-refractivity contribution is -0.313. The largest absolute Gasteiger partial charge is 0.461 e. The summed E-state index contributed by atoms with van der Waals surface area (Å²) in [5.41, 5.74) is -0.283. The van der Waals surface area contributed by atoms with E-state index in [1.54, 1.807) is 6.92 Å². The number of hydrogen-bond donors (Lipinski definition) is 5. The number of carbonyl (C=O) groups is 1. The summed E-state index contributed by atoms with van der Waals surface area (Å²) in [6.45, 7) is 7.24. The third-order valence-electron chi connectivity index (χ3n) is 7.62. The van der Waals surface area contributed by atoms with E-state index in [4.69, 9.17) is 14.2 Å². The Morgan fingerprint density at radius 2 is 1.93 bits per heavy atom. The molecule has 0 spiro atoms. The molecule has 30 heavy (non-hydrogen) atoms. The van der Waals surface area contributed by atoms with Gasteiger partial charge >= 0.3 is 5.97 Å². The van der Waals surface area contributed by atoms with Gasteiger partial charge < -0.3 is 39.7 Å². The molecule has 2 aliphatic carbocycles. The predicted octanol–water partition coefficient (Wildman–Crippen LogP) is -0.914. The van der Waals surface area contributed by atoms with E-state index in [1.165, 1.54) is 0 Å². The van der Waals surface area contributed by atoms with Gasteiger partial charge in [-0.3, -0.25) is 4.79 Å². The van der Waals surface area contributed by atoms with Crippen LogP contribution >= 0.6 is 0 Å². The van der Waals surface area contributed by atoms with Crippen molar-refractivity contribution in [3.8, 4) is 0 Å². The van der Waals surface area contributed by atoms with Crippen LogP contribution in [0.15, 0.2) is 12.2 Å². The van der Waals surface area contributed by atoms with E-state index in [-0.39, 0.29) is 42.2 Å². The van der Waals surface area contributed by atoms with Gasteiger partial charge in [0.15, 0.2) is 6.29 Å². The third kappa shape index (κ3) is 3.50. The monoisotopic (exact) mass is 428 g/mol. The molecule has 0 amide bonds. The summed E-state index contributed by atoms with van der Waals surface area (Å²) in [4.78, 5) is 12.0. The molecule has 0 aromatic heterocycles. The molecule has 4 fully saturated rings. The zero-order chi connectivity index (χ0) is 22.0. The van der Waals surface area contributed by atoms with E-state index in [0.29, 0.717) is 12.8 Å². The molecular weight excluding hydrogens is 396 g/mol. The molecule has 0 radical (unpaired) electrons. The Balaban J connectivity index is 1.56. The molecule has 4 rings (SSSR count). The van der Waals surface area contributed by atoms with Crippen LogP contribution in [-0.4, -0.2) is 86.6 Å². The van der Waals surface area contributed by atoms with Crippen LogP contribution in [0, 0.1) is 23.7 Å². The van der Waals surface area contributed by atoms with E-state index in [9.17, 15) is 30.3 Å². The van der Waals surface area contributed by atoms with E-state index >= 15 is 0 Å². The van der Waals surface area contributed by atoms with Gasteiger partial charge in [-0.2, -0.15) is 0 Å². The van der Waals surface area contributed by atoms with E-state index < -0.39 is 49.0 Å². The molecular formula is C21H32O9. The Labute approximate surface area is 175 Å². The second kappa shape index (κ2) is 7.81. The molecule has 2 saturated heterocycles. The van der Waals surface area contributed by atoms with Crippen molar-refractivity contribution in [2.24, 2.45) is 23.7 Å². The number of fused-ring (bicyclic) bond motifs is 2. The molecule has 170 valence electrons. The topological polar surface area (TPSA) is 146 Å². The number of hydrogen-bond acceptors (Lipinski definition) is 9. The van der Waals surface area contributed by atoms with E-state index in [2.05, 4.69) is 6.58 Å². The van der Waals surface area contributed by atoms with Crippen LogP contribution in [0.4, 0.5) is 0 Å². The molecule has 4 aliphatic rings. The highest BCUT2D eigenvalue weighted by atomic mass is 16.7. The summed E-state index contributed by atoms with van der Waals surface area (Å²) < 4.78 is 17.1. The van der Waals surface area contributed by atoms with Gasteiger partial charge in [0, 0.05) is 24.7 Å². The summed E-state index contributed by atoms with van der Waals surface area (Å²) in [7, 11) is 0. The molecule has 2 saturated carbocycles. The Morgan fingerprint density at radius 1 is 1.23 bits per heavy atom. The standard InChI is InChI=1S/C21H32O9/c1-8-4-12-10(9(2)19(26)28-12)5-11-15(8)13(6-21(11,3)27)29-20-18(25)17(24)16(23)14(7-22)30-20/h9-18,20,22-25,27H,1,4-7H2,2-3H3/t9-,10+,11+,12-,13-,14+,15-,16+,17-,18+,20+,21+/m0/s1. The number of aliphatic hydroxyl groups excluding tert-OH is 4. The minimum atomic E-state index is -1.53. The molecule has 12 atom stereocenters. The lowest BCUT2D eigenvalue weighted by Crippen LogP contribution is -2.59. The van der Waals surface area contributed by atoms with Crippen molar-refractivity contribution < 1.29 is 44.5 Å². The van der Waals surface area contributed by atoms with Crippen molar-refractivity contribution >= 4 is 5.97 Å². The first-order valence-electron chi connectivity index (χ1n) is 10.6. The van der Waals surface area contributed by atoms with Crippen molar-refractivity contribution in [2.45, 2.75) is 81.6 Å². The summed E-state index contributed by atoms with van der Waals surface area (Å²) in [6, 6.07) is 0. The van der Waals surface area contributed by atoms with E-state index in [1.807, 2.05) is 6.92 Å². The molecule has 2 heterocycles. The van der Waals surface area contributed by atoms with Crippen molar-refractivity contribution in [3.05, 3.63) is 12.2 Å². The second-order valence-corrected chi connectivity index (χ2v) is 9.59. The minimum Gasteiger partial charge on any atom is -0.461 e. The van der Waals surface area contributed by atoms with Crippen molar-refractivity contribution in [1.29, 1.82) is 0 Å². The third-order valence-corrected chi connectivity index (χ3v) is 7.62. The highest BCUT2D eigenvalue weighted by Crippen LogP contribution is 2.54. The van der Waals surface area contributed by atoms with E-state index in [0.717, 1.165) is 5.57 Å². The fourth-order valence-corrected chi connectivity index (χ4v) is 5.84. The number of rotatable bonds is 3. The fourth-order valence-electron chi connectivity index (χ4n) is 5.84. The summed E-state index contributed by atoms with van der Waals surface area (Å²) >= 11 is 0. The smallest absolute Gasteiger partial charge is 0.309 e. The zero-order valence-electron chi connectivity index (χ0n) is 17.3. The Bertz CT molecular complexity index is 692. The van der Waals surface area contributed by atoms with Crippen molar-refractivity contribution in [1.82, 2.24) is 0 Å². The van der Waals surface area contributed by atoms with Crippen LogP contribution in [0.5, 0.6) is 0 Å². The first-order chi connectivity index (χ1) is 14.0. The summed E-state index contributed by atoms with van der Waals surface area (Å²) in [5.74, 6) is -0.941. The highest BCUT2D eigenvalue weighted by molar-refractivity contribution is 5.75. The Hall–Kier alpha value is -1.07. The fraction of sp³-hybridized carbons (Fsp3) is 0.857. The quantitative estimate of drug-likeness (QED) is 0.285. The molecule has 0 aromatic carbocycles. The average molecular weight is 428 g/mol. The van der Waals surface area contributed by atoms with Crippen molar-refractivity contribution in [2.75, 3.05) is 6.61 Å². The van der Waals surface area contributed by atoms with Crippen LogP contribution in [-0.2, 0) is 19.0 Å². The summed E-state index contributed by atoms with van der Waals surface area (Å²) in [6.07, 6.45) is -6.34. The lowest BCUT2D eigenvalue weighted by atomic mass is 9.77. The maximum atomic E-state index is 12.0. The van der Waals surface area contributed by atoms with Crippen LogP contribution in [0.25, 0.3) is 0 Å². The second-order valence-electron chi connectivity index (χ2n) is 9.59. The van der Waals surface area contributed by atoms with Gasteiger partial charge in [0.05, 0.1) is 24.2 Å². The average Bonchev–Trinajstić information content (AvgIpc) is 3.01. The Morgan fingerprint density at radius 3 is 2.60 bits per heavy atom. The number of aliphatic hydroxyl groups is 5. The highest BCUT2D eigenvalue weighted by Gasteiger charge is 2.58. The van der Waals surface area contributed by atoms with Gasteiger partial charge in [-0.1, -0.05) is 19.1 Å². The van der Waals surface area contributed by atoms with Gasteiger partial charge in [-0.15, -0.1) is 0 Å². The van der Waals surface area contributed by atoms with Gasteiger partial charge in [0.2, 0.25) is 0 Å². The molecule has 0 unspecified atom stereocenters. The first kappa shape index (κ1) is 22.1.